The van der Waals surface area contributed by atoms with E-state index in [1.54, 1.807) is 0 Å². The van der Waals surface area contributed by atoms with E-state index in [-0.39, 0.29) is 0 Å². The zero-order chi connectivity index (χ0) is 15.5. The SMILES string of the molecule is CCc1cnc(CN(C)[C@@H]2CCN(Cc3nnsc3Cl)C2)o1. The van der Waals surface area contributed by atoms with Gasteiger partial charge in [0.1, 0.15) is 15.8 Å². The maximum absolute atomic E-state index is 6.08. The lowest BCUT2D eigenvalue weighted by atomic mass is 10.2. The Balaban J connectivity index is 1.52. The molecule has 2 aromatic heterocycles. The first kappa shape index (κ1) is 15.9. The molecule has 1 fully saturated rings. The van der Waals surface area contributed by atoms with Gasteiger partial charge in [0.05, 0.1) is 12.7 Å². The fraction of sp³-hybridized carbons (Fsp3) is 0.643. The molecule has 6 nitrogen and oxygen atoms in total. The van der Waals surface area contributed by atoms with Gasteiger partial charge in [0.15, 0.2) is 0 Å². The van der Waals surface area contributed by atoms with Crippen molar-refractivity contribution in [3.05, 3.63) is 27.9 Å². The number of rotatable bonds is 6. The van der Waals surface area contributed by atoms with Gasteiger partial charge in [-0.3, -0.25) is 9.80 Å². The van der Waals surface area contributed by atoms with E-state index in [0.717, 1.165) is 56.4 Å². The number of aromatic nitrogens is 3. The molecule has 1 saturated heterocycles. The first-order chi connectivity index (χ1) is 10.7. The van der Waals surface area contributed by atoms with Crippen LogP contribution in [0.5, 0.6) is 0 Å². The van der Waals surface area contributed by atoms with Gasteiger partial charge in [-0.2, -0.15) is 0 Å². The highest BCUT2D eigenvalue weighted by molar-refractivity contribution is 7.10. The standard InChI is InChI=1S/C14H20ClN5OS/c1-3-11-6-16-13(21-11)9-19(2)10-4-5-20(7-10)8-12-14(15)22-18-17-12/h6,10H,3-5,7-9H2,1-2H3/t10-/m1/s1. The normalized spacial score (nSPS) is 19.4. The molecule has 3 heterocycles. The lowest BCUT2D eigenvalue weighted by molar-refractivity contribution is 0.203. The highest BCUT2D eigenvalue weighted by atomic mass is 35.5. The third-order valence-corrected chi connectivity index (χ3v) is 5.07. The van der Waals surface area contributed by atoms with E-state index in [1.807, 2.05) is 6.20 Å². The molecule has 0 aliphatic carbocycles. The lowest BCUT2D eigenvalue weighted by Gasteiger charge is -2.23. The van der Waals surface area contributed by atoms with E-state index in [1.165, 1.54) is 11.5 Å². The summed E-state index contributed by atoms with van der Waals surface area (Å²) in [5.74, 6) is 1.74. The van der Waals surface area contributed by atoms with Crippen LogP contribution in [0.3, 0.4) is 0 Å². The second-order valence-electron chi connectivity index (χ2n) is 5.66. The first-order valence-corrected chi connectivity index (χ1v) is 8.63. The average molecular weight is 342 g/mol. The van der Waals surface area contributed by atoms with Crippen LogP contribution in [-0.2, 0) is 19.5 Å². The molecule has 0 N–H and O–H groups in total. The number of hydrogen-bond donors (Lipinski definition) is 0. The molecule has 22 heavy (non-hydrogen) atoms. The maximum Gasteiger partial charge on any atom is 0.208 e. The Hall–Kier alpha value is -1.02. The van der Waals surface area contributed by atoms with Crippen LogP contribution in [0, 0.1) is 0 Å². The van der Waals surface area contributed by atoms with Crippen molar-refractivity contribution in [1.82, 2.24) is 24.4 Å². The molecule has 0 saturated carbocycles. The first-order valence-electron chi connectivity index (χ1n) is 7.48. The minimum Gasteiger partial charge on any atom is -0.444 e. The number of nitrogens with zero attached hydrogens (tertiary/aromatic N) is 5. The molecule has 0 radical (unpaired) electrons. The van der Waals surface area contributed by atoms with Gasteiger partial charge in [-0.1, -0.05) is 23.0 Å². The summed E-state index contributed by atoms with van der Waals surface area (Å²) in [4.78, 5) is 9.02. The van der Waals surface area contributed by atoms with Crippen molar-refractivity contribution in [3.8, 4) is 0 Å². The number of oxazole rings is 1. The lowest BCUT2D eigenvalue weighted by Crippen LogP contribution is -2.34. The molecule has 1 atom stereocenters. The summed E-state index contributed by atoms with van der Waals surface area (Å²) >= 11 is 7.32. The van der Waals surface area contributed by atoms with Crippen LogP contribution in [0.15, 0.2) is 10.6 Å². The highest BCUT2D eigenvalue weighted by Gasteiger charge is 2.27. The van der Waals surface area contributed by atoms with Gasteiger partial charge in [-0.15, -0.1) is 5.10 Å². The molecule has 0 spiro atoms. The van der Waals surface area contributed by atoms with Crippen LogP contribution < -0.4 is 0 Å². The van der Waals surface area contributed by atoms with E-state index in [4.69, 9.17) is 16.0 Å². The van der Waals surface area contributed by atoms with Gasteiger partial charge in [0.25, 0.3) is 0 Å². The summed E-state index contributed by atoms with van der Waals surface area (Å²) in [5.41, 5.74) is 0.884. The number of likely N-dealkylation sites (tertiary alicyclic amines) is 1. The number of hydrogen-bond acceptors (Lipinski definition) is 7. The van der Waals surface area contributed by atoms with E-state index in [9.17, 15) is 0 Å². The molecular weight excluding hydrogens is 322 g/mol. The molecule has 3 rings (SSSR count). The summed E-state index contributed by atoms with van der Waals surface area (Å²) in [6, 6.07) is 0.502. The highest BCUT2D eigenvalue weighted by Crippen LogP contribution is 2.23. The second kappa shape index (κ2) is 7.04. The van der Waals surface area contributed by atoms with Crippen molar-refractivity contribution >= 4 is 23.1 Å². The van der Waals surface area contributed by atoms with Gasteiger partial charge in [-0.05, 0) is 13.5 Å². The van der Waals surface area contributed by atoms with E-state index >= 15 is 0 Å². The summed E-state index contributed by atoms with van der Waals surface area (Å²) < 4.78 is 10.3. The summed E-state index contributed by atoms with van der Waals surface area (Å²) in [6.07, 6.45) is 3.84. The van der Waals surface area contributed by atoms with Crippen molar-refractivity contribution < 1.29 is 4.42 Å². The Morgan fingerprint density at radius 1 is 1.55 bits per heavy atom. The fourth-order valence-corrected chi connectivity index (χ4v) is 3.36. The van der Waals surface area contributed by atoms with Gasteiger partial charge in [0, 0.05) is 43.6 Å². The van der Waals surface area contributed by atoms with Crippen molar-refractivity contribution in [3.63, 3.8) is 0 Å². The zero-order valence-electron chi connectivity index (χ0n) is 12.8. The monoisotopic (exact) mass is 341 g/mol. The molecule has 1 aliphatic rings. The summed E-state index contributed by atoms with van der Waals surface area (Å²) in [7, 11) is 2.13. The van der Waals surface area contributed by atoms with E-state index < -0.39 is 0 Å². The van der Waals surface area contributed by atoms with Gasteiger partial charge < -0.3 is 4.42 Å². The molecule has 1 aliphatic heterocycles. The Kier molecular flexibility index (Phi) is 5.07. The quantitative estimate of drug-likeness (QED) is 0.804. The van der Waals surface area contributed by atoms with Crippen LogP contribution in [-0.4, -0.2) is 50.5 Å². The third-order valence-electron chi connectivity index (χ3n) is 4.09. The average Bonchev–Trinajstić information content (AvgIpc) is 3.22. The van der Waals surface area contributed by atoms with Crippen LogP contribution in [0.2, 0.25) is 4.34 Å². The van der Waals surface area contributed by atoms with E-state index in [0.29, 0.717) is 10.4 Å². The minimum atomic E-state index is 0.502. The third kappa shape index (κ3) is 3.65. The van der Waals surface area contributed by atoms with Gasteiger partial charge in [-0.25, -0.2) is 4.98 Å². The molecule has 2 aromatic rings. The number of halogens is 1. The topological polar surface area (TPSA) is 58.3 Å². The van der Waals surface area contributed by atoms with Crippen LogP contribution >= 0.6 is 23.1 Å². The van der Waals surface area contributed by atoms with Crippen LogP contribution in [0.25, 0.3) is 0 Å². The number of likely N-dealkylation sites (N-methyl/N-ethyl adjacent to an activating group) is 1. The minimum absolute atomic E-state index is 0.502. The second-order valence-corrected chi connectivity index (χ2v) is 7.02. The van der Waals surface area contributed by atoms with Gasteiger partial charge in [0.2, 0.25) is 5.89 Å². The van der Waals surface area contributed by atoms with E-state index in [2.05, 4.69) is 38.3 Å². The predicted octanol–water partition coefficient (Wildman–Crippen LogP) is 2.45. The van der Waals surface area contributed by atoms with Crippen LogP contribution in [0.1, 0.15) is 30.7 Å². The Morgan fingerprint density at radius 3 is 3.09 bits per heavy atom. The van der Waals surface area contributed by atoms with Gasteiger partial charge >= 0.3 is 0 Å². The fourth-order valence-electron chi connectivity index (χ4n) is 2.75. The molecule has 0 aromatic carbocycles. The molecule has 0 bridgehead atoms. The smallest absolute Gasteiger partial charge is 0.208 e. The summed E-state index contributed by atoms with van der Waals surface area (Å²) in [6.45, 7) is 5.65. The Labute approximate surface area is 139 Å². The Morgan fingerprint density at radius 2 is 2.41 bits per heavy atom. The molecular formula is C14H20ClN5OS. The molecule has 0 amide bonds. The Bertz CT molecular complexity index is 616. The molecule has 8 heteroatoms. The van der Waals surface area contributed by atoms with Crippen molar-refractivity contribution in [1.29, 1.82) is 0 Å². The molecule has 0 unspecified atom stereocenters. The van der Waals surface area contributed by atoms with Crippen molar-refractivity contribution in [2.45, 2.75) is 38.9 Å². The van der Waals surface area contributed by atoms with Crippen LogP contribution in [0.4, 0.5) is 0 Å². The molecule has 120 valence electrons. The summed E-state index contributed by atoms with van der Waals surface area (Å²) in [5, 5.41) is 4.09. The number of aryl methyl sites for hydroxylation is 1. The zero-order valence-corrected chi connectivity index (χ0v) is 14.4. The van der Waals surface area contributed by atoms with Crippen molar-refractivity contribution in [2.75, 3.05) is 20.1 Å². The largest absolute Gasteiger partial charge is 0.444 e. The maximum atomic E-state index is 6.08. The predicted molar refractivity (Wildman–Crippen MR) is 85.9 cm³/mol. The van der Waals surface area contributed by atoms with Crippen molar-refractivity contribution in [2.24, 2.45) is 0 Å².